The number of carbonyl (C=O) groups excluding carboxylic acids is 1. The zero-order valence-corrected chi connectivity index (χ0v) is 12.3. The van der Waals surface area contributed by atoms with Gasteiger partial charge in [-0.05, 0) is 24.1 Å². The second kappa shape index (κ2) is 7.39. The van der Waals surface area contributed by atoms with Gasteiger partial charge in [-0.1, -0.05) is 72.3 Å². The average molecular weight is 276 g/mol. The zero-order chi connectivity index (χ0) is 15.1. The quantitative estimate of drug-likeness (QED) is 0.539. The summed E-state index contributed by atoms with van der Waals surface area (Å²) in [6.45, 7) is 5.91. The molecule has 2 rings (SSSR count). The van der Waals surface area contributed by atoms with E-state index in [9.17, 15) is 4.79 Å². The van der Waals surface area contributed by atoms with Gasteiger partial charge in [-0.2, -0.15) is 0 Å². The molecule has 106 valence electrons. The molecule has 0 aliphatic carbocycles. The second-order valence-corrected chi connectivity index (χ2v) is 5.17. The minimum Gasteiger partial charge on any atom is -0.295 e. The van der Waals surface area contributed by atoms with E-state index >= 15 is 0 Å². The molecule has 2 aromatic carbocycles. The van der Waals surface area contributed by atoms with Crippen LogP contribution in [-0.2, 0) is 4.79 Å². The Morgan fingerprint density at radius 3 is 2.38 bits per heavy atom. The Bertz CT molecular complexity index is 621. The minimum absolute atomic E-state index is 0.0681. The van der Waals surface area contributed by atoms with E-state index in [4.69, 9.17) is 0 Å². The lowest BCUT2D eigenvalue weighted by atomic mass is 9.93. The summed E-state index contributed by atoms with van der Waals surface area (Å²) in [4.78, 5) is 12.1. The minimum atomic E-state index is 0.0681. The lowest BCUT2D eigenvalue weighted by Crippen LogP contribution is -2.02. The predicted octanol–water partition coefficient (Wildman–Crippen LogP) is 4.94. The van der Waals surface area contributed by atoms with Gasteiger partial charge in [-0.3, -0.25) is 4.79 Å². The van der Waals surface area contributed by atoms with Gasteiger partial charge in [-0.15, -0.1) is 6.58 Å². The standard InChI is InChI=1S/C20H20O/c1-3-18(19-12-9-16(2)10-13-19)15-20(21)14-11-17-7-5-4-6-8-17/h3-14,18H,1,15H2,2H3/b14-11+/t18-/m1/s1. The van der Waals surface area contributed by atoms with Gasteiger partial charge < -0.3 is 0 Å². The van der Waals surface area contributed by atoms with Crippen molar-refractivity contribution in [2.24, 2.45) is 0 Å². The maximum Gasteiger partial charge on any atom is 0.156 e. The Balaban J connectivity index is 2.01. The van der Waals surface area contributed by atoms with Crippen LogP contribution in [0.15, 0.2) is 73.3 Å². The van der Waals surface area contributed by atoms with Crippen molar-refractivity contribution < 1.29 is 4.79 Å². The first kappa shape index (κ1) is 15.0. The van der Waals surface area contributed by atoms with Crippen LogP contribution >= 0.6 is 0 Å². The van der Waals surface area contributed by atoms with Gasteiger partial charge in [0.1, 0.15) is 0 Å². The Morgan fingerprint density at radius 1 is 1.10 bits per heavy atom. The maximum absolute atomic E-state index is 12.1. The van der Waals surface area contributed by atoms with Crippen molar-refractivity contribution in [2.45, 2.75) is 19.3 Å². The first-order chi connectivity index (χ1) is 10.2. The first-order valence-electron chi connectivity index (χ1n) is 7.14. The van der Waals surface area contributed by atoms with E-state index in [1.807, 2.05) is 42.5 Å². The zero-order valence-electron chi connectivity index (χ0n) is 12.3. The molecule has 1 atom stereocenters. The monoisotopic (exact) mass is 276 g/mol. The third-order valence-electron chi connectivity index (χ3n) is 3.47. The van der Waals surface area contributed by atoms with E-state index in [2.05, 4.69) is 37.8 Å². The van der Waals surface area contributed by atoms with Crippen molar-refractivity contribution in [3.63, 3.8) is 0 Å². The lowest BCUT2D eigenvalue weighted by Gasteiger charge is -2.11. The van der Waals surface area contributed by atoms with Gasteiger partial charge in [0.05, 0.1) is 0 Å². The van der Waals surface area contributed by atoms with Crippen molar-refractivity contribution in [3.8, 4) is 0 Å². The number of ketones is 1. The number of carbonyl (C=O) groups is 1. The molecule has 0 spiro atoms. The molecule has 0 aliphatic rings. The molecule has 21 heavy (non-hydrogen) atoms. The molecular formula is C20H20O. The summed E-state index contributed by atoms with van der Waals surface area (Å²) >= 11 is 0. The van der Waals surface area contributed by atoms with Crippen LogP contribution in [-0.4, -0.2) is 5.78 Å². The second-order valence-electron chi connectivity index (χ2n) is 5.17. The predicted molar refractivity (Wildman–Crippen MR) is 89.2 cm³/mol. The molecule has 0 bridgehead atoms. The Labute approximate surface area is 126 Å². The summed E-state index contributed by atoms with van der Waals surface area (Å²) < 4.78 is 0. The van der Waals surface area contributed by atoms with Crippen LogP contribution in [0, 0.1) is 6.92 Å². The van der Waals surface area contributed by atoms with Crippen LogP contribution in [0.2, 0.25) is 0 Å². The summed E-state index contributed by atoms with van der Waals surface area (Å²) in [6, 6.07) is 18.1. The SMILES string of the molecule is C=C[C@H](CC(=O)/C=C/c1ccccc1)c1ccc(C)cc1. The highest BCUT2D eigenvalue weighted by molar-refractivity contribution is 5.94. The summed E-state index contributed by atoms with van der Waals surface area (Å²) in [5, 5.41) is 0. The highest BCUT2D eigenvalue weighted by Crippen LogP contribution is 2.22. The Morgan fingerprint density at radius 2 is 1.76 bits per heavy atom. The molecule has 0 saturated carbocycles. The van der Waals surface area contributed by atoms with Crippen molar-refractivity contribution >= 4 is 11.9 Å². The molecule has 2 aromatic rings. The van der Waals surface area contributed by atoms with E-state index in [0.29, 0.717) is 6.42 Å². The van der Waals surface area contributed by atoms with Gasteiger partial charge in [0.2, 0.25) is 0 Å². The molecule has 0 aromatic heterocycles. The smallest absolute Gasteiger partial charge is 0.156 e. The molecule has 0 radical (unpaired) electrons. The van der Waals surface area contributed by atoms with E-state index in [1.165, 1.54) is 5.56 Å². The summed E-state index contributed by atoms with van der Waals surface area (Å²) in [5.41, 5.74) is 3.39. The van der Waals surface area contributed by atoms with Crippen LogP contribution in [0.4, 0.5) is 0 Å². The molecule has 0 amide bonds. The molecule has 0 N–H and O–H groups in total. The van der Waals surface area contributed by atoms with Crippen LogP contribution in [0.3, 0.4) is 0 Å². The van der Waals surface area contributed by atoms with Crippen molar-refractivity contribution in [2.75, 3.05) is 0 Å². The number of rotatable bonds is 6. The number of benzene rings is 2. The van der Waals surface area contributed by atoms with Crippen molar-refractivity contribution in [1.82, 2.24) is 0 Å². The normalized spacial score (nSPS) is 12.2. The lowest BCUT2D eigenvalue weighted by molar-refractivity contribution is -0.114. The van der Waals surface area contributed by atoms with Gasteiger partial charge >= 0.3 is 0 Å². The van der Waals surface area contributed by atoms with Gasteiger partial charge in [-0.25, -0.2) is 0 Å². The maximum atomic E-state index is 12.1. The Hall–Kier alpha value is -2.41. The van der Waals surface area contributed by atoms with E-state index in [-0.39, 0.29) is 11.7 Å². The highest BCUT2D eigenvalue weighted by atomic mass is 16.1. The van der Waals surface area contributed by atoms with Crippen LogP contribution in [0.5, 0.6) is 0 Å². The topological polar surface area (TPSA) is 17.1 Å². The van der Waals surface area contributed by atoms with E-state index < -0.39 is 0 Å². The number of aryl methyl sites for hydroxylation is 1. The first-order valence-corrected chi connectivity index (χ1v) is 7.14. The molecule has 1 nitrogen and oxygen atoms in total. The summed E-state index contributed by atoms with van der Waals surface area (Å²) in [5.74, 6) is 0.183. The van der Waals surface area contributed by atoms with Crippen LogP contribution < -0.4 is 0 Å². The fourth-order valence-corrected chi connectivity index (χ4v) is 2.19. The number of hydrogen-bond acceptors (Lipinski definition) is 1. The van der Waals surface area contributed by atoms with Crippen LogP contribution in [0.25, 0.3) is 6.08 Å². The third-order valence-corrected chi connectivity index (χ3v) is 3.47. The fourth-order valence-electron chi connectivity index (χ4n) is 2.19. The summed E-state index contributed by atoms with van der Waals surface area (Å²) in [7, 11) is 0. The van der Waals surface area contributed by atoms with Crippen LogP contribution in [0.1, 0.15) is 29.0 Å². The van der Waals surface area contributed by atoms with E-state index in [0.717, 1.165) is 11.1 Å². The van der Waals surface area contributed by atoms with E-state index in [1.54, 1.807) is 6.08 Å². The molecule has 0 fully saturated rings. The van der Waals surface area contributed by atoms with Gasteiger partial charge in [0, 0.05) is 12.3 Å². The molecule has 0 aliphatic heterocycles. The van der Waals surface area contributed by atoms with Gasteiger partial charge in [0.25, 0.3) is 0 Å². The number of hydrogen-bond donors (Lipinski definition) is 0. The average Bonchev–Trinajstić information content (AvgIpc) is 2.52. The molecular weight excluding hydrogens is 256 g/mol. The Kier molecular flexibility index (Phi) is 5.28. The molecule has 0 unspecified atom stereocenters. The third kappa shape index (κ3) is 4.57. The van der Waals surface area contributed by atoms with Gasteiger partial charge in [0.15, 0.2) is 5.78 Å². The molecule has 0 saturated heterocycles. The summed E-state index contributed by atoms with van der Waals surface area (Å²) in [6.07, 6.45) is 5.81. The molecule has 1 heteroatoms. The number of allylic oxidation sites excluding steroid dienone is 2. The largest absolute Gasteiger partial charge is 0.295 e. The fraction of sp³-hybridized carbons (Fsp3) is 0.150. The van der Waals surface area contributed by atoms with Crippen molar-refractivity contribution in [3.05, 3.63) is 90.0 Å². The molecule has 0 heterocycles. The highest BCUT2D eigenvalue weighted by Gasteiger charge is 2.10. The van der Waals surface area contributed by atoms with Crippen molar-refractivity contribution in [1.29, 1.82) is 0 Å².